The molecule has 0 saturated carbocycles. The molecule has 1 unspecified atom stereocenters. The largest absolute Gasteiger partial charge is 0.506 e. The van der Waals surface area contributed by atoms with Gasteiger partial charge in [0.25, 0.3) is 0 Å². The van der Waals surface area contributed by atoms with Gasteiger partial charge in [-0.2, -0.15) is 0 Å². The average Bonchev–Trinajstić information content (AvgIpc) is 2.49. The maximum absolute atomic E-state index is 11.7. The Morgan fingerprint density at radius 3 is 2.27 bits per heavy atom. The van der Waals surface area contributed by atoms with Gasteiger partial charge < -0.3 is 25.4 Å². The summed E-state index contributed by atoms with van der Waals surface area (Å²) >= 11 is 0. The van der Waals surface area contributed by atoms with E-state index in [-0.39, 0.29) is 25.0 Å². The Morgan fingerprint density at radius 1 is 1.15 bits per heavy atom. The van der Waals surface area contributed by atoms with Gasteiger partial charge in [-0.15, -0.1) is 0 Å². The van der Waals surface area contributed by atoms with Gasteiger partial charge in [0.05, 0.1) is 12.1 Å². The highest BCUT2D eigenvalue weighted by atomic mass is 16.6. The van der Waals surface area contributed by atoms with Crippen molar-refractivity contribution in [2.24, 2.45) is 5.92 Å². The minimum absolute atomic E-state index is 0.0185. The van der Waals surface area contributed by atoms with E-state index >= 15 is 0 Å². The minimum atomic E-state index is -1.28. The average molecular weight is 368 g/mol. The molecule has 9 nitrogen and oxygen atoms in total. The van der Waals surface area contributed by atoms with Gasteiger partial charge in [0.15, 0.2) is 0 Å². The van der Waals surface area contributed by atoms with Crippen LogP contribution in [0.15, 0.2) is 18.3 Å². The van der Waals surface area contributed by atoms with Crippen LogP contribution >= 0.6 is 0 Å². The molecule has 0 bridgehead atoms. The number of carboxylic acid groups (broad SMARTS) is 2. The van der Waals surface area contributed by atoms with E-state index in [2.05, 4.69) is 10.3 Å². The number of carboxylic acids is 2. The Hall–Kier alpha value is -2.84. The van der Waals surface area contributed by atoms with E-state index in [1.165, 1.54) is 18.3 Å². The highest BCUT2D eigenvalue weighted by molar-refractivity contribution is 5.80. The molecule has 1 aromatic heterocycles. The Bertz CT molecular complexity index is 638. The second-order valence-electron chi connectivity index (χ2n) is 6.86. The summed E-state index contributed by atoms with van der Waals surface area (Å²) in [5.74, 6) is -3.29. The Balaban J connectivity index is 2.68. The van der Waals surface area contributed by atoms with Gasteiger partial charge in [-0.3, -0.25) is 9.78 Å². The molecule has 1 rings (SSSR count). The van der Waals surface area contributed by atoms with E-state index in [1.54, 1.807) is 20.8 Å². The molecular weight excluding hydrogens is 344 g/mol. The second-order valence-corrected chi connectivity index (χ2v) is 6.86. The van der Waals surface area contributed by atoms with Crippen molar-refractivity contribution in [3.8, 4) is 5.75 Å². The third-order valence-corrected chi connectivity index (χ3v) is 3.41. The van der Waals surface area contributed by atoms with Crippen molar-refractivity contribution in [3.63, 3.8) is 0 Å². The zero-order chi connectivity index (χ0) is 19.9. The van der Waals surface area contributed by atoms with Crippen LogP contribution in [0.2, 0.25) is 0 Å². The molecule has 0 aliphatic carbocycles. The lowest BCUT2D eigenvalue weighted by molar-refractivity contribution is -0.143. The summed E-state index contributed by atoms with van der Waals surface area (Å²) in [5.41, 5.74) is -0.316. The van der Waals surface area contributed by atoms with Crippen LogP contribution in [0, 0.1) is 5.92 Å². The molecule has 0 aliphatic heterocycles. The fraction of sp³-hybridized carbons (Fsp3) is 0.529. The van der Waals surface area contributed by atoms with Crippen molar-refractivity contribution in [1.82, 2.24) is 10.3 Å². The third kappa shape index (κ3) is 7.82. The van der Waals surface area contributed by atoms with Crippen LogP contribution < -0.4 is 5.32 Å². The summed E-state index contributed by atoms with van der Waals surface area (Å²) in [5, 5.41) is 30.0. The smallest absolute Gasteiger partial charge is 0.408 e. The zero-order valence-electron chi connectivity index (χ0n) is 14.9. The molecule has 9 heteroatoms. The molecule has 0 saturated heterocycles. The van der Waals surface area contributed by atoms with Crippen LogP contribution in [0.4, 0.5) is 4.79 Å². The van der Waals surface area contributed by atoms with Crippen LogP contribution in [0.3, 0.4) is 0 Å². The number of rotatable bonds is 8. The number of carbonyl (C=O) groups is 3. The highest BCUT2D eigenvalue weighted by Crippen LogP contribution is 2.17. The Labute approximate surface area is 151 Å². The van der Waals surface area contributed by atoms with Crippen molar-refractivity contribution < 1.29 is 34.4 Å². The molecule has 0 radical (unpaired) electrons. The first-order chi connectivity index (χ1) is 12.0. The predicted molar refractivity (Wildman–Crippen MR) is 90.8 cm³/mol. The van der Waals surface area contributed by atoms with Gasteiger partial charge in [-0.05, 0) is 45.7 Å². The lowest BCUT2D eigenvalue weighted by Crippen LogP contribution is -2.43. The number of aromatic hydroxyl groups is 1. The third-order valence-electron chi connectivity index (χ3n) is 3.41. The molecule has 2 atom stereocenters. The topological polar surface area (TPSA) is 146 Å². The minimum Gasteiger partial charge on any atom is -0.506 e. The Kier molecular flexibility index (Phi) is 7.36. The van der Waals surface area contributed by atoms with Crippen molar-refractivity contribution >= 4 is 18.0 Å². The van der Waals surface area contributed by atoms with Gasteiger partial charge in [0, 0.05) is 12.1 Å². The number of hydrogen-bond acceptors (Lipinski definition) is 6. The molecule has 1 amide bonds. The molecule has 4 N–H and O–H groups in total. The van der Waals surface area contributed by atoms with Crippen molar-refractivity contribution in [1.29, 1.82) is 0 Å². The summed E-state index contributed by atoms with van der Waals surface area (Å²) in [7, 11) is 0. The van der Waals surface area contributed by atoms with E-state index in [9.17, 15) is 29.7 Å². The van der Waals surface area contributed by atoms with Crippen LogP contribution in [-0.2, 0) is 20.7 Å². The number of carbonyl (C=O) groups excluding carboxylic acids is 1. The molecule has 0 aliphatic rings. The van der Waals surface area contributed by atoms with Gasteiger partial charge >= 0.3 is 18.0 Å². The van der Waals surface area contributed by atoms with Crippen molar-refractivity contribution in [2.75, 3.05) is 0 Å². The van der Waals surface area contributed by atoms with E-state index in [0.717, 1.165) is 0 Å². The molecule has 0 spiro atoms. The number of alkyl carbamates (subject to hydrolysis) is 1. The highest BCUT2D eigenvalue weighted by Gasteiger charge is 2.27. The first-order valence-corrected chi connectivity index (χ1v) is 8.07. The summed E-state index contributed by atoms with van der Waals surface area (Å²) in [6, 6.07) is 1.63. The molecule has 26 heavy (non-hydrogen) atoms. The van der Waals surface area contributed by atoms with E-state index in [1.807, 2.05) is 0 Å². The fourth-order valence-corrected chi connectivity index (χ4v) is 2.18. The predicted octanol–water partition coefficient (Wildman–Crippen LogP) is 1.79. The Morgan fingerprint density at radius 2 is 1.81 bits per heavy atom. The van der Waals surface area contributed by atoms with Gasteiger partial charge in [0.1, 0.15) is 17.4 Å². The number of aliphatic carboxylic acids is 2. The first kappa shape index (κ1) is 21.2. The van der Waals surface area contributed by atoms with Crippen LogP contribution in [-0.4, -0.2) is 50.0 Å². The summed E-state index contributed by atoms with van der Waals surface area (Å²) < 4.78 is 5.02. The lowest BCUT2D eigenvalue weighted by Gasteiger charge is -2.22. The monoisotopic (exact) mass is 368 g/mol. The lowest BCUT2D eigenvalue weighted by atomic mass is 9.95. The summed E-state index contributed by atoms with van der Waals surface area (Å²) in [4.78, 5) is 38.4. The van der Waals surface area contributed by atoms with Gasteiger partial charge in [-0.1, -0.05) is 0 Å². The molecule has 1 heterocycles. The van der Waals surface area contributed by atoms with Crippen LogP contribution in [0.25, 0.3) is 0 Å². The molecule has 1 aromatic rings. The van der Waals surface area contributed by atoms with E-state index < -0.39 is 35.6 Å². The number of nitrogens with zero attached hydrogens (tertiary/aromatic N) is 1. The van der Waals surface area contributed by atoms with E-state index in [0.29, 0.717) is 5.69 Å². The van der Waals surface area contributed by atoms with Crippen molar-refractivity contribution in [3.05, 3.63) is 24.0 Å². The molecule has 0 aromatic carbocycles. The standard InChI is InChI=1S/C17H24N2O7/c1-17(2,3)26-16(25)19-13(15(23)24)7-4-10(14(21)22)8-11-5-6-12(20)9-18-11/h5-6,9-10,13,20H,4,7-8H2,1-3H3,(H,19,25)(H,21,22)(H,23,24)/t10?,13-/m0/s1. The maximum atomic E-state index is 11.7. The number of amides is 1. The first-order valence-electron chi connectivity index (χ1n) is 8.07. The van der Waals surface area contributed by atoms with Crippen LogP contribution in [0.1, 0.15) is 39.3 Å². The van der Waals surface area contributed by atoms with Gasteiger partial charge in [0.2, 0.25) is 0 Å². The molecule has 0 fully saturated rings. The molecule has 144 valence electrons. The number of ether oxygens (including phenoxy) is 1. The summed E-state index contributed by atoms with van der Waals surface area (Å²) in [6.45, 7) is 4.94. The van der Waals surface area contributed by atoms with Gasteiger partial charge in [-0.25, -0.2) is 9.59 Å². The molecular formula is C17H24N2O7. The summed E-state index contributed by atoms with van der Waals surface area (Å²) in [6.07, 6.45) is 0.345. The van der Waals surface area contributed by atoms with Crippen molar-refractivity contribution in [2.45, 2.75) is 51.7 Å². The SMILES string of the molecule is CC(C)(C)OC(=O)N[C@@H](CCC(Cc1ccc(O)cn1)C(=O)O)C(=O)O. The number of hydrogen-bond donors (Lipinski definition) is 4. The zero-order valence-corrected chi connectivity index (χ0v) is 14.9. The number of nitrogens with one attached hydrogen (secondary N) is 1. The van der Waals surface area contributed by atoms with E-state index in [4.69, 9.17) is 4.74 Å². The van der Waals surface area contributed by atoms with Crippen LogP contribution in [0.5, 0.6) is 5.75 Å². The quantitative estimate of drug-likeness (QED) is 0.543. The second kappa shape index (κ2) is 9.02. The number of pyridine rings is 1. The normalized spacial score (nSPS) is 13.5. The fourth-order valence-electron chi connectivity index (χ4n) is 2.18. The number of aromatic nitrogens is 1. The maximum Gasteiger partial charge on any atom is 0.408 e.